The molecule has 0 radical (unpaired) electrons. The molecule has 0 saturated heterocycles. The smallest absolute Gasteiger partial charge is 0.318 e. The minimum Gasteiger partial charge on any atom is -0.497 e. The molecule has 0 unspecified atom stereocenters. The molecule has 0 saturated carbocycles. The van der Waals surface area contributed by atoms with Crippen LogP contribution in [0.15, 0.2) is 69.3 Å². The third-order valence-electron chi connectivity index (χ3n) is 6.47. The molecule has 0 bridgehead atoms. The molecule has 2 aliphatic rings. The Balaban J connectivity index is 1.60. The third-order valence-corrected chi connectivity index (χ3v) is 8.38. The van der Waals surface area contributed by atoms with E-state index in [1.165, 1.54) is 11.6 Å². The van der Waals surface area contributed by atoms with Crippen molar-refractivity contribution in [2.24, 2.45) is 4.99 Å². The van der Waals surface area contributed by atoms with E-state index in [9.17, 15) is 30.1 Å². The predicted octanol–water partition coefficient (Wildman–Crippen LogP) is 3.90. The van der Waals surface area contributed by atoms with Gasteiger partial charge < -0.3 is 5.11 Å². The second-order valence-electron chi connectivity index (χ2n) is 8.55. The summed E-state index contributed by atoms with van der Waals surface area (Å²) in [5.74, 6) is -1.03. The number of thiazole rings is 1. The first-order valence-electron chi connectivity index (χ1n) is 11.2. The Morgan fingerprint density at radius 1 is 1.05 bits per heavy atom. The van der Waals surface area contributed by atoms with E-state index in [0.717, 1.165) is 58.0 Å². The van der Waals surface area contributed by atoms with E-state index in [1.807, 2.05) is 35.7 Å². The monoisotopic (exact) mass is 532 g/mol. The van der Waals surface area contributed by atoms with Gasteiger partial charge in [0.1, 0.15) is 0 Å². The van der Waals surface area contributed by atoms with Crippen molar-refractivity contribution in [2.45, 2.75) is 18.9 Å². The molecule has 1 aliphatic carbocycles. The zero-order valence-electron chi connectivity index (χ0n) is 18.9. The highest BCUT2D eigenvalue weighted by Gasteiger charge is 2.33. The van der Waals surface area contributed by atoms with E-state index in [0.29, 0.717) is 4.80 Å². The van der Waals surface area contributed by atoms with Gasteiger partial charge in [0.25, 0.3) is 11.3 Å². The average molecular weight is 533 g/mol. The summed E-state index contributed by atoms with van der Waals surface area (Å²) in [7, 11) is 0. The number of aromatic nitrogens is 1. The number of phenols is 1. The van der Waals surface area contributed by atoms with Crippen LogP contribution in [-0.2, 0) is 6.42 Å². The maximum Gasteiger partial charge on any atom is 0.318 e. The van der Waals surface area contributed by atoms with Crippen molar-refractivity contribution < 1.29 is 15.0 Å². The average Bonchev–Trinajstić information content (AvgIpc) is 3.52. The van der Waals surface area contributed by atoms with Crippen LogP contribution in [0.4, 0.5) is 11.4 Å². The van der Waals surface area contributed by atoms with Gasteiger partial charge in [-0.05, 0) is 47.1 Å². The van der Waals surface area contributed by atoms with Crippen molar-refractivity contribution in [3.8, 4) is 5.75 Å². The molecule has 0 spiro atoms. The van der Waals surface area contributed by atoms with Gasteiger partial charge in [-0.25, -0.2) is 4.99 Å². The summed E-state index contributed by atoms with van der Waals surface area (Å²) in [6.45, 7) is 0. The second-order valence-corrected chi connectivity index (χ2v) is 10.5. The first-order chi connectivity index (χ1) is 17.8. The van der Waals surface area contributed by atoms with E-state index in [-0.39, 0.29) is 21.7 Å². The van der Waals surface area contributed by atoms with E-state index < -0.39 is 27.0 Å². The molecule has 6 rings (SSSR count). The normalized spacial score (nSPS) is 16.5. The summed E-state index contributed by atoms with van der Waals surface area (Å²) >= 11 is 2.66. The van der Waals surface area contributed by atoms with Crippen LogP contribution in [0.3, 0.4) is 0 Å². The molecule has 10 nitrogen and oxygen atoms in total. The highest BCUT2D eigenvalue weighted by molar-refractivity contribution is 7.10. The summed E-state index contributed by atoms with van der Waals surface area (Å²) in [6.07, 6.45) is 2.95. The number of allylic oxidation sites excluding steroid dienone is 1. The van der Waals surface area contributed by atoms with Gasteiger partial charge in [0.15, 0.2) is 4.80 Å². The molecular formula is C25H16N4O6S2. The van der Waals surface area contributed by atoms with Gasteiger partial charge >= 0.3 is 11.4 Å². The number of hydrogen-bond acceptors (Lipinski definition) is 9. The van der Waals surface area contributed by atoms with Crippen LogP contribution in [0.25, 0.3) is 11.8 Å². The Morgan fingerprint density at radius 2 is 1.78 bits per heavy atom. The fourth-order valence-electron chi connectivity index (χ4n) is 4.86. The molecule has 1 atom stereocenters. The van der Waals surface area contributed by atoms with Gasteiger partial charge in [-0.3, -0.25) is 29.6 Å². The van der Waals surface area contributed by atoms with Crippen LogP contribution < -0.4 is 14.9 Å². The number of hydrogen-bond donors (Lipinski definition) is 1. The first kappa shape index (κ1) is 23.0. The summed E-state index contributed by atoms with van der Waals surface area (Å²) in [5, 5.41) is 34.7. The number of nitrogens with zero attached hydrogens (tertiary/aromatic N) is 4. The second kappa shape index (κ2) is 8.61. The zero-order valence-corrected chi connectivity index (χ0v) is 20.5. The van der Waals surface area contributed by atoms with Gasteiger partial charge in [0.05, 0.1) is 26.1 Å². The van der Waals surface area contributed by atoms with Crippen molar-refractivity contribution in [2.75, 3.05) is 0 Å². The number of rotatable bonds is 4. The fourth-order valence-corrected chi connectivity index (χ4v) is 6.71. The number of aromatic hydroxyl groups is 1. The lowest BCUT2D eigenvalue weighted by Gasteiger charge is -2.30. The summed E-state index contributed by atoms with van der Waals surface area (Å²) in [5.41, 5.74) is 2.23. The third kappa shape index (κ3) is 3.69. The molecule has 37 heavy (non-hydrogen) atoms. The van der Waals surface area contributed by atoms with Crippen LogP contribution in [0.5, 0.6) is 5.75 Å². The Morgan fingerprint density at radius 3 is 2.46 bits per heavy atom. The molecule has 1 N–H and O–H groups in total. The van der Waals surface area contributed by atoms with E-state index in [1.54, 1.807) is 15.9 Å². The van der Waals surface area contributed by atoms with Gasteiger partial charge in [-0.2, -0.15) is 0 Å². The quantitative estimate of drug-likeness (QED) is 0.312. The molecule has 0 fully saturated rings. The van der Waals surface area contributed by atoms with Crippen LogP contribution in [0, 0.1) is 20.2 Å². The van der Waals surface area contributed by atoms with Gasteiger partial charge in [0.2, 0.25) is 0 Å². The van der Waals surface area contributed by atoms with E-state index in [2.05, 4.69) is 6.07 Å². The summed E-state index contributed by atoms with van der Waals surface area (Å²) in [6, 6.07) is 13.7. The molecule has 1 aliphatic heterocycles. The summed E-state index contributed by atoms with van der Waals surface area (Å²) in [4.78, 5) is 41.0. The van der Waals surface area contributed by atoms with Gasteiger partial charge in [0, 0.05) is 22.6 Å². The molecule has 3 heterocycles. The molecular weight excluding hydrogens is 516 g/mol. The predicted molar refractivity (Wildman–Crippen MR) is 138 cm³/mol. The number of benzene rings is 2. The van der Waals surface area contributed by atoms with Crippen molar-refractivity contribution in [3.05, 3.63) is 121 Å². The van der Waals surface area contributed by atoms with Crippen LogP contribution in [-0.4, -0.2) is 19.5 Å². The Hall–Kier alpha value is -4.42. The van der Waals surface area contributed by atoms with Gasteiger partial charge in [-0.15, -0.1) is 11.3 Å². The van der Waals surface area contributed by atoms with Crippen LogP contribution in [0.2, 0.25) is 0 Å². The summed E-state index contributed by atoms with van der Waals surface area (Å²) < 4.78 is 1.86. The number of phenolic OH excluding ortho intramolecular Hbond substituents is 1. The molecule has 12 heteroatoms. The number of nitro benzene ring substituents is 2. The van der Waals surface area contributed by atoms with Crippen molar-refractivity contribution in [1.82, 2.24) is 4.57 Å². The highest BCUT2D eigenvalue weighted by atomic mass is 32.1. The Kier molecular flexibility index (Phi) is 5.35. The highest BCUT2D eigenvalue weighted by Crippen LogP contribution is 2.42. The lowest BCUT2D eigenvalue weighted by Crippen LogP contribution is -2.38. The first-order valence-corrected chi connectivity index (χ1v) is 12.9. The standard InChI is InChI=1S/C25H16N4O6S2/c30-23-17(28(32)33)10-13(11-18(23)29(34)35)12-20-24(31)27-22(19-6-3-9-36-19)16-8-7-14-4-1-2-5-15(14)21(16)26-25(27)37-20/h1-6,9-12,22,30H,7-8H2/b20-12+/t22-/m0/s1. The number of aryl methyl sites for hydroxylation is 1. The zero-order chi connectivity index (χ0) is 25.8. The van der Waals surface area contributed by atoms with E-state index >= 15 is 0 Å². The Labute approximate surface area is 215 Å². The molecule has 2 aromatic heterocycles. The van der Waals surface area contributed by atoms with E-state index in [4.69, 9.17) is 4.99 Å². The minimum absolute atomic E-state index is 0.0586. The number of nitro groups is 2. The van der Waals surface area contributed by atoms with Gasteiger partial charge in [-0.1, -0.05) is 41.7 Å². The van der Waals surface area contributed by atoms with Crippen LogP contribution >= 0.6 is 22.7 Å². The molecule has 2 aromatic carbocycles. The SMILES string of the molecule is O=c1/c(=C\c2cc([N+](=O)[O-])c(O)c([N+](=O)[O-])c2)sc2n1[C@H](c1cccs1)C1=C(N=2)c2ccccc2CC1. The number of fused-ring (bicyclic) bond motifs is 3. The lowest BCUT2D eigenvalue weighted by molar-refractivity contribution is -0.396. The lowest BCUT2D eigenvalue weighted by atomic mass is 9.85. The molecule has 184 valence electrons. The largest absolute Gasteiger partial charge is 0.497 e. The van der Waals surface area contributed by atoms with Crippen molar-refractivity contribution in [3.63, 3.8) is 0 Å². The minimum atomic E-state index is -1.03. The maximum absolute atomic E-state index is 13.7. The van der Waals surface area contributed by atoms with Crippen LogP contribution in [0.1, 0.15) is 34.0 Å². The fraction of sp³-hybridized carbons (Fsp3) is 0.120. The molecule has 4 aromatic rings. The van der Waals surface area contributed by atoms with Crippen molar-refractivity contribution in [1.29, 1.82) is 0 Å². The van der Waals surface area contributed by atoms with Crippen molar-refractivity contribution >= 4 is 45.8 Å². The Bertz CT molecular complexity index is 1800. The topological polar surface area (TPSA) is 141 Å². The maximum atomic E-state index is 13.7. The molecule has 0 amide bonds. The number of thiophene rings is 1.